The SMILES string of the molecule is C=C(C)c1ccc(-n2c3ccccc3c3ccc4ccc5c6ccccc6sc5c4c32)cc1.CC.CC(C)=C(/C=C(\C)c1ccccc1)c1ccccc1. The molecule has 0 amide bonds. The van der Waals surface area contributed by atoms with Gasteiger partial charge in [-0.3, -0.25) is 0 Å². The fraction of sp³-hybridized carbons (Fsp3) is 0.115. The molecular formula is C52H47NS. The van der Waals surface area contributed by atoms with E-state index in [2.05, 4.69) is 203 Å². The molecule has 0 saturated carbocycles. The van der Waals surface area contributed by atoms with E-state index in [-0.39, 0.29) is 0 Å². The molecular weight excluding hydrogens is 671 g/mol. The number of thiophene rings is 1. The third-order valence-corrected chi connectivity index (χ3v) is 11.2. The Hall–Kier alpha value is -5.96. The highest BCUT2D eigenvalue weighted by molar-refractivity contribution is 7.26. The van der Waals surface area contributed by atoms with Crippen LogP contribution in [0.5, 0.6) is 0 Å². The van der Waals surface area contributed by atoms with Crippen molar-refractivity contribution in [1.82, 2.24) is 4.57 Å². The first-order valence-electron chi connectivity index (χ1n) is 18.9. The molecule has 0 unspecified atom stereocenters. The molecule has 0 aliphatic rings. The minimum Gasteiger partial charge on any atom is -0.309 e. The van der Waals surface area contributed by atoms with Crippen LogP contribution >= 0.6 is 11.3 Å². The van der Waals surface area contributed by atoms with Gasteiger partial charge in [0.25, 0.3) is 0 Å². The van der Waals surface area contributed by atoms with Crippen LogP contribution in [0.25, 0.3) is 75.2 Å². The molecule has 2 heteroatoms. The normalized spacial score (nSPS) is 11.3. The van der Waals surface area contributed by atoms with Gasteiger partial charge in [-0.15, -0.1) is 11.3 Å². The van der Waals surface area contributed by atoms with Crippen LogP contribution in [0.4, 0.5) is 0 Å². The van der Waals surface area contributed by atoms with Crippen molar-refractivity contribution in [2.75, 3.05) is 0 Å². The molecule has 0 aliphatic heterocycles. The third kappa shape index (κ3) is 6.94. The molecule has 2 aromatic heterocycles. The number of benzene rings is 7. The minimum atomic E-state index is 1.08. The average Bonchev–Trinajstić information content (AvgIpc) is 3.77. The molecule has 0 bridgehead atoms. The smallest absolute Gasteiger partial charge is 0.0633 e. The molecule has 0 saturated heterocycles. The van der Waals surface area contributed by atoms with Crippen LogP contribution in [0.15, 0.2) is 176 Å². The Labute approximate surface area is 323 Å². The summed E-state index contributed by atoms with van der Waals surface area (Å²) in [5, 5.41) is 7.88. The second-order valence-corrected chi connectivity index (χ2v) is 14.8. The van der Waals surface area contributed by atoms with Crippen LogP contribution in [0.2, 0.25) is 0 Å². The van der Waals surface area contributed by atoms with Gasteiger partial charge in [0, 0.05) is 42.0 Å². The summed E-state index contributed by atoms with van der Waals surface area (Å²) in [7, 11) is 0. The summed E-state index contributed by atoms with van der Waals surface area (Å²) in [6.07, 6.45) is 2.28. The van der Waals surface area contributed by atoms with Gasteiger partial charge in [-0.2, -0.15) is 0 Å². The predicted octanol–water partition coefficient (Wildman–Crippen LogP) is 15.9. The van der Waals surface area contributed by atoms with E-state index in [0.29, 0.717) is 0 Å². The first kappa shape index (κ1) is 36.4. The van der Waals surface area contributed by atoms with E-state index < -0.39 is 0 Å². The summed E-state index contributed by atoms with van der Waals surface area (Å²) < 4.78 is 5.14. The van der Waals surface area contributed by atoms with Crippen LogP contribution in [-0.2, 0) is 0 Å². The van der Waals surface area contributed by atoms with Crippen LogP contribution < -0.4 is 0 Å². The van der Waals surface area contributed by atoms with Gasteiger partial charge < -0.3 is 4.57 Å². The van der Waals surface area contributed by atoms with E-state index in [1.54, 1.807) is 0 Å². The van der Waals surface area contributed by atoms with Crippen LogP contribution in [0, 0.1) is 0 Å². The molecule has 7 aromatic carbocycles. The van der Waals surface area contributed by atoms with Crippen molar-refractivity contribution in [2.24, 2.45) is 0 Å². The molecule has 0 fully saturated rings. The zero-order valence-corrected chi connectivity index (χ0v) is 33.0. The molecule has 0 atom stereocenters. The van der Waals surface area contributed by atoms with E-state index in [9.17, 15) is 0 Å². The Kier molecular flexibility index (Phi) is 10.8. The number of rotatable bonds is 5. The summed E-state index contributed by atoms with van der Waals surface area (Å²) in [4.78, 5) is 0. The van der Waals surface area contributed by atoms with Crippen molar-refractivity contribution < 1.29 is 0 Å². The van der Waals surface area contributed by atoms with E-state index in [1.165, 1.54) is 91.8 Å². The van der Waals surface area contributed by atoms with Crippen LogP contribution in [0.3, 0.4) is 0 Å². The number of hydrogen-bond donors (Lipinski definition) is 0. The van der Waals surface area contributed by atoms with E-state index in [1.807, 2.05) is 25.2 Å². The highest BCUT2D eigenvalue weighted by atomic mass is 32.1. The summed E-state index contributed by atoms with van der Waals surface area (Å²) in [5.41, 5.74) is 12.4. The van der Waals surface area contributed by atoms with Gasteiger partial charge in [-0.1, -0.05) is 171 Å². The van der Waals surface area contributed by atoms with E-state index in [0.717, 1.165) is 5.57 Å². The van der Waals surface area contributed by atoms with Crippen molar-refractivity contribution in [3.63, 3.8) is 0 Å². The molecule has 0 radical (unpaired) electrons. The van der Waals surface area contributed by atoms with Gasteiger partial charge in [0.1, 0.15) is 0 Å². The quantitative estimate of drug-likeness (QED) is 0.156. The van der Waals surface area contributed by atoms with Gasteiger partial charge in [0.15, 0.2) is 0 Å². The van der Waals surface area contributed by atoms with Gasteiger partial charge >= 0.3 is 0 Å². The Bertz CT molecular complexity index is 2800. The largest absolute Gasteiger partial charge is 0.309 e. The standard InChI is InChI=1S/C31H21NS.C19H20.C2H6/c1-19(2)20-11-15-22(16-12-20)32-27-9-5-3-7-23(27)25-17-13-21-14-18-26-24-8-4-6-10-28(24)33-31(26)29(21)30(25)32;1-15(2)19(18-12-8-5-9-13-18)14-16(3)17-10-6-4-7-11-17;1-2/h3-18H,1H2,2H3;4-14H,1-3H3;1-2H3/b;16-14+;. The Balaban J connectivity index is 0.000000184. The maximum absolute atomic E-state index is 4.11. The molecule has 0 aliphatic carbocycles. The number of hydrogen-bond acceptors (Lipinski definition) is 1. The number of allylic oxidation sites excluding steroid dienone is 5. The van der Waals surface area contributed by atoms with Crippen molar-refractivity contribution in [1.29, 1.82) is 0 Å². The second-order valence-electron chi connectivity index (χ2n) is 13.8. The van der Waals surface area contributed by atoms with E-state index >= 15 is 0 Å². The van der Waals surface area contributed by atoms with Crippen molar-refractivity contribution in [3.8, 4) is 5.69 Å². The highest BCUT2D eigenvalue weighted by Gasteiger charge is 2.18. The number of aromatic nitrogens is 1. The number of para-hydroxylation sites is 1. The zero-order valence-electron chi connectivity index (χ0n) is 32.2. The zero-order chi connectivity index (χ0) is 37.8. The van der Waals surface area contributed by atoms with Crippen molar-refractivity contribution >= 4 is 80.8 Å². The van der Waals surface area contributed by atoms with Gasteiger partial charge in [-0.05, 0) is 85.2 Å². The first-order valence-corrected chi connectivity index (χ1v) is 19.7. The Morgan fingerprint density at radius 3 is 1.76 bits per heavy atom. The maximum Gasteiger partial charge on any atom is 0.0633 e. The lowest BCUT2D eigenvalue weighted by atomic mass is 9.97. The molecule has 9 rings (SSSR count). The summed E-state index contributed by atoms with van der Waals surface area (Å²) in [5.74, 6) is 0. The van der Waals surface area contributed by atoms with Crippen LogP contribution in [0.1, 0.15) is 58.2 Å². The molecule has 266 valence electrons. The predicted molar refractivity (Wildman–Crippen MR) is 242 cm³/mol. The van der Waals surface area contributed by atoms with Gasteiger partial charge in [-0.25, -0.2) is 0 Å². The summed E-state index contributed by atoms with van der Waals surface area (Å²) >= 11 is 1.90. The lowest BCUT2D eigenvalue weighted by molar-refractivity contribution is 1.18. The van der Waals surface area contributed by atoms with Gasteiger partial charge in [0.05, 0.1) is 11.0 Å². The average molecular weight is 718 g/mol. The Morgan fingerprint density at radius 2 is 1.11 bits per heavy atom. The fourth-order valence-electron chi connectivity index (χ4n) is 7.34. The van der Waals surface area contributed by atoms with Crippen molar-refractivity contribution in [2.45, 2.75) is 41.5 Å². The molecule has 1 nitrogen and oxygen atoms in total. The molecule has 0 N–H and O–H groups in total. The Morgan fingerprint density at radius 1 is 0.537 bits per heavy atom. The van der Waals surface area contributed by atoms with Crippen LogP contribution in [-0.4, -0.2) is 4.57 Å². The highest BCUT2D eigenvalue weighted by Crippen LogP contribution is 2.44. The van der Waals surface area contributed by atoms with Crippen molar-refractivity contribution in [3.05, 3.63) is 193 Å². The third-order valence-electron chi connectivity index (χ3n) is 9.99. The first-order chi connectivity index (χ1) is 26.4. The topological polar surface area (TPSA) is 4.93 Å². The number of fused-ring (bicyclic) bond motifs is 9. The second kappa shape index (κ2) is 16.0. The molecule has 0 spiro atoms. The maximum atomic E-state index is 4.11. The molecule has 2 heterocycles. The minimum absolute atomic E-state index is 1.08. The molecule has 54 heavy (non-hydrogen) atoms. The fourth-order valence-corrected chi connectivity index (χ4v) is 8.60. The summed E-state index contributed by atoms with van der Waals surface area (Å²) in [6.45, 7) is 16.7. The summed E-state index contributed by atoms with van der Waals surface area (Å²) in [6, 6.07) is 56.5. The monoisotopic (exact) mass is 717 g/mol. The number of nitrogens with zero attached hydrogens (tertiary/aromatic N) is 1. The van der Waals surface area contributed by atoms with Gasteiger partial charge in [0.2, 0.25) is 0 Å². The lowest BCUT2D eigenvalue weighted by Gasteiger charge is -2.11. The van der Waals surface area contributed by atoms with E-state index in [4.69, 9.17) is 0 Å². The molecule has 9 aromatic rings. The lowest BCUT2D eigenvalue weighted by Crippen LogP contribution is -1.95.